The number of benzene rings is 5. The summed E-state index contributed by atoms with van der Waals surface area (Å²) in [5, 5.41) is 18.7. The number of amides is 2. The first kappa shape index (κ1) is 49.5. The van der Waals surface area contributed by atoms with Gasteiger partial charge in [-0.25, -0.2) is 0 Å². The minimum Gasteiger partial charge on any atom is -0.508 e. The minimum absolute atomic E-state index is 0.172. The number of hydrogen-bond acceptors (Lipinski definition) is 10. The molecule has 0 unspecified atom stereocenters. The van der Waals surface area contributed by atoms with Crippen LogP contribution in [0.15, 0.2) is 137 Å². The molecule has 0 aliphatic carbocycles. The lowest BCUT2D eigenvalue weighted by Crippen LogP contribution is -2.49. The van der Waals surface area contributed by atoms with Gasteiger partial charge in [0.2, 0.25) is 11.8 Å². The van der Waals surface area contributed by atoms with Crippen LogP contribution in [0.4, 0.5) is 5.69 Å². The molecule has 2 fully saturated rings. The normalized spacial score (nSPS) is 14.3. The van der Waals surface area contributed by atoms with E-state index in [1.165, 1.54) is 27.9 Å². The van der Waals surface area contributed by atoms with Crippen LogP contribution in [0.1, 0.15) is 47.9 Å². The number of phenols is 2. The number of rotatable bonds is 20. The standard InChI is InChI=1S/C28H40N4O3S.C25H27NO2S/c1-29(28(34)7-4-22-36-26-10-8-25(33)9-11-26)23-24-5-2-3-6-27(24)32-16-14-30(15-17-32)12-13-31-18-20-35-21-19-31;1-26(25(28)12-7-17-29-24-15-13-23(27)14-16-24)19-22-11-6-5-10-21(22)18-20-8-3-2-4-9-20/h2-3,5-6,8-11,33H,4,7,12-23H2,1H3;2-6,8-11,13-16,27H,7,12,17-19H2,1H3. The number of anilines is 1. The van der Waals surface area contributed by atoms with Crippen molar-refractivity contribution in [1.82, 2.24) is 19.6 Å². The van der Waals surface area contributed by atoms with Gasteiger partial charge in [0.25, 0.3) is 0 Å². The smallest absolute Gasteiger partial charge is 0.222 e. The Morgan fingerprint density at radius 1 is 0.554 bits per heavy atom. The Hall–Kier alpha value is -4.98. The van der Waals surface area contributed by atoms with Crippen LogP contribution in [0.5, 0.6) is 11.5 Å². The number of para-hydroxylation sites is 1. The molecule has 5 aromatic carbocycles. The zero-order valence-corrected chi connectivity index (χ0v) is 39.9. The summed E-state index contributed by atoms with van der Waals surface area (Å²) in [4.78, 5) is 38.8. The Balaban J connectivity index is 0.000000221. The fourth-order valence-corrected chi connectivity index (χ4v) is 9.66. The average molecular weight is 918 g/mol. The molecular weight excluding hydrogens is 851 g/mol. The first-order valence-corrected chi connectivity index (χ1v) is 24.9. The van der Waals surface area contributed by atoms with Crippen molar-refractivity contribution in [3.63, 3.8) is 0 Å². The Bertz CT molecular complexity index is 2160. The highest BCUT2D eigenvalue weighted by Gasteiger charge is 2.21. The topological polar surface area (TPSA) is 100 Å². The van der Waals surface area contributed by atoms with Gasteiger partial charge in [-0.1, -0.05) is 72.8 Å². The summed E-state index contributed by atoms with van der Waals surface area (Å²) in [6.07, 6.45) is 3.64. The van der Waals surface area contributed by atoms with E-state index in [0.29, 0.717) is 25.9 Å². The summed E-state index contributed by atoms with van der Waals surface area (Å²) in [7, 11) is 3.80. The lowest BCUT2D eigenvalue weighted by molar-refractivity contribution is -0.131. The molecule has 5 aromatic rings. The van der Waals surface area contributed by atoms with Crippen molar-refractivity contribution >= 4 is 41.0 Å². The quantitative estimate of drug-likeness (QED) is 0.0582. The number of hydrogen-bond donors (Lipinski definition) is 2. The molecule has 2 aliphatic rings. The average Bonchev–Trinajstić information content (AvgIpc) is 3.34. The second-order valence-corrected chi connectivity index (χ2v) is 19.1. The number of nitrogens with zero attached hydrogens (tertiary/aromatic N) is 5. The SMILES string of the molecule is CN(Cc1ccccc1Cc1ccccc1)C(=O)CCCSc1ccc(O)cc1.CN(Cc1ccccc1N1CCN(CCN2CCOCC2)CC1)C(=O)CCCSc1ccc(O)cc1. The molecule has 346 valence electrons. The molecule has 2 aliphatic heterocycles. The molecule has 2 N–H and O–H groups in total. The molecule has 7 rings (SSSR count). The van der Waals surface area contributed by atoms with E-state index in [9.17, 15) is 19.8 Å². The van der Waals surface area contributed by atoms with Crippen molar-refractivity contribution in [2.45, 2.75) is 55.0 Å². The van der Waals surface area contributed by atoms with E-state index in [2.05, 4.69) is 81.4 Å². The van der Waals surface area contributed by atoms with E-state index in [0.717, 1.165) is 106 Å². The van der Waals surface area contributed by atoms with E-state index in [1.54, 1.807) is 47.8 Å². The van der Waals surface area contributed by atoms with Gasteiger partial charge in [-0.2, -0.15) is 0 Å². The zero-order valence-electron chi connectivity index (χ0n) is 38.2. The Labute approximate surface area is 395 Å². The number of carbonyl (C=O) groups is 2. The van der Waals surface area contributed by atoms with Crippen LogP contribution >= 0.6 is 23.5 Å². The highest BCUT2D eigenvalue weighted by molar-refractivity contribution is 7.99. The summed E-state index contributed by atoms with van der Waals surface area (Å²) >= 11 is 3.43. The third kappa shape index (κ3) is 17.1. The summed E-state index contributed by atoms with van der Waals surface area (Å²) < 4.78 is 5.46. The molecule has 2 saturated heterocycles. The van der Waals surface area contributed by atoms with Crippen LogP contribution in [0.2, 0.25) is 0 Å². The highest BCUT2D eigenvalue weighted by Crippen LogP contribution is 2.26. The molecule has 2 amide bonds. The number of phenolic OH excluding ortho intramolecular Hbond substituents is 2. The van der Waals surface area contributed by atoms with Gasteiger partial charge in [0.15, 0.2) is 0 Å². The van der Waals surface area contributed by atoms with Gasteiger partial charge in [0.05, 0.1) is 13.2 Å². The van der Waals surface area contributed by atoms with Crippen LogP contribution in [-0.2, 0) is 33.8 Å². The van der Waals surface area contributed by atoms with Gasteiger partial charge in [-0.05, 0) is 108 Å². The van der Waals surface area contributed by atoms with Gasteiger partial charge in [-0.15, -0.1) is 23.5 Å². The first-order chi connectivity index (χ1) is 31.7. The summed E-state index contributed by atoms with van der Waals surface area (Å²) in [5.74, 6) is 2.68. The lowest BCUT2D eigenvalue weighted by atomic mass is 9.99. The minimum atomic E-state index is 0.172. The predicted molar refractivity (Wildman–Crippen MR) is 267 cm³/mol. The maximum Gasteiger partial charge on any atom is 0.222 e. The Kier molecular flexibility index (Phi) is 20.4. The number of ether oxygens (including phenoxy) is 1. The molecule has 2 heterocycles. The molecule has 0 aromatic heterocycles. The monoisotopic (exact) mass is 917 g/mol. The molecule has 0 spiro atoms. The van der Waals surface area contributed by atoms with Crippen LogP contribution < -0.4 is 4.90 Å². The van der Waals surface area contributed by atoms with Crippen molar-refractivity contribution in [3.8, 4) is 11.5 Å². The van der Waals surface area contributed by atoms with Crippen LogP contribution in [0.3, 0.4) is 0 Å². The van der Waals surface area contributed by atoms with E-state index in [4.69, 9.17) is 4.74 Å². The number of piperazine rings is 1. The van der Waals surface area contributed by atoms with Crippen molar-refractivity contribution in [2.75, 3.05) is 96.1 Å². The van der Waals surface area contributed by atoms with E-state index >= 15 is 0 Å². The summed E-state index contributed by atoms with van der Waals surface area (Å²) in [6, 6.07) is 41.7. The largest absolute Gasteiger partial charge is 0.508 e. The maximum absolute atomic E-state index is 12.8. The molecule has 0 radical (unpaired) electrons. The number of aromatic hydroxyl groups is 2. The van der Waals surface area contributed by atoms with Gasteiger partial charge < -0.3 is 29.6 Å². The van der Waals surface area contributed by atoms with E-state index < -0.39 is 0 Å². The summed E-state index contributed by atoms with van der Waals surface area (Å²) in [5.41, 5.74) is 6.22. The zero-order chi connectivity index (χ0) is 45.6. The predicted octanol–water partition coefficient (Wildman–Crippen LogP) is 8.89. The number of thioether (sulfide) groups is 2. The van der Waals surface area contributed by atoms with Gasteiger partial charge in [-0.3, -0.25) is 19.4 Å². The molecule has 0 bridgehead atoms. The number of carbonyl (C=O) groups excluding carboxylic acids is 2. The van der Waals surface area contributed by atoms with Crippen molar-refractivity contribution in [2.24, 2.45) is 0 Å². The fourth-order valence-electron chi connectivity index (χ4n) is 7.95. The van der Waals surface area contributed by atoms with Gasteiger partial charge >= 0.3 is 0 Å². The van der Waals surface area contributed by atoms with Crippen LogP contribution in [0.25, 0.3) is 0 Å². The van der Waals surface area contributed by atoms with Crippen molar-refractivity contribution in [3.05, 3.63) is 150 Å². The van der Waals surface area contributed by atoms with Gasteiger partial charge in [0.1, 0.15) is 11.5 Å². The van der Waals surface area contributed by atoms with Crippen molar-refractivity contribution < 1.29 is 24.5 Å². The third-order valence-electron chi connectivity index (χ3n) is 11.8. The molecule has 0 saturated carbocycles. The molecular formula is C53H67N5O5S2. The Morgan fingerprint density at radius 2 is 1.02 bits per heavy atom. The van der Waals surface area contributed by atoms with Crippen molar-refractivity contribution in [1.29, 1.82) is 0 Å². The highest BCUT2D eigenvalue weighted by atomic mass is 32.2. The molecule has 10 nitrogen and oxygen atoms in total. The molecule has 0 atom stereocenters. The van der Waals surface area contributed by atoms with Crippen LogP contribution in [-0.4, -0.2) is 133 Å². The molecule has 65 heavy (non-hydrogen) atoms. The lowest BCUT2D eigenvalue weighted by Gasteiger charge is -2.38. The van der Waals surface area contributed by atoms with E-state index in [-0.39, 0.29) is 23.3 Å². The van der Waals surface area contributed by atoms with Crippen LogP contribution in [0, 0.1) is 0 Å². The maximum atomic E-state index is 12.8. The first-order valence-electron chi connectivity index (χ1n) is 23.0. The van der Waals surface area contributed by atoms with Gasteiger partial charge in [0, 0.05) is 108 Å². The fraction of sp³-hybridized carbons (Fsp3) is 0.396. The second kappa shape index (κ2) is 26.9. The van der Waals surface area contributed by atoms with E-state index in [1.807, 2.05) is 60.3 Å². The molecule has 12 heteroatoms. The second-order valence-electron chi connectivity index (χ2n) is 16.7. The number of morpholine rings is 1. The third-order valence-corrected chi connectivity index (χ3v) is 14.0. The Morgan fingerprint density at radius 3 is 1.57 bits per heavy atom. The summed E-state index contributed by atoms with van der Waals surface area (Å²) in [6.45, 7) is 11.5.